The second-order valence-corrected chi connectivity index (χ2v) is 3.95. The van der Waals surface area contributed by atoms with Crippen LogP contribution in [0.15, 0.2) is 54.6 Å². The van der Waals surface area contributed by atoms with E-state index in [1.54, 1.807) is 12.2 Å². The third-order valence-electron chi connectivity index (χ3n) is 2.39. The van der Waals surface area contributed by atoms with Crippen molar-refractivity contribution in [3.05, 3.63) is 60.2 Å². The van der Waals surface area contributed by atoms with Crippen LogP contribution < -0.4 is 0 Å². The molecule has 1 aromatic carbocycles. The molecule has 0 saturated carbocycles. The van der Waals surface area contributed by atoms with Crippen LogP contribution in [0.1, 0.15) is 5.56 Å². The van der Waals surface area contributed by atoms with Crippen LogP contribution >= 0.6 is 11.6 Å². The predicted octanol–water partition coefficient (Wildman–Crippen LogP) is 2.61. The fraction of sp³-hybridized carbons (Fsp3) is 0.167. The van der Waals surface area contributed by atoms with Gasteiger partial charge in [-0.1, -0.05) is 54.6 Å². The lowest BCUT2D eigenvalue weighted by Gasteiger charge is -2.29. The molecular formula is C12H11ClO. The molecule has 72 valence electrons. The Morgan fingerprint density at radius 1 is 1.14 bits per heavy atom. The van der Waals surface area contributed by atoms with Crippen LogP contribution in [0.4, 0.5) is 0 Å². The van der Waals surface area contributed by atoms with Crippen molar-refractivity contribution in [2.75, 3.05) is 0 Å². The Balaban J connectivity index is 2.42. The van der Waals surface area contributed by atoms with Gasteiger partial charge < -0.3 is 5.11 Å². The van der Waals surface area contributed by atoms with Gasteiger partial charge in [-0.15, -0.1) is 11.6 Å². The molecule has 1 aromatic rings. The molecule has 0 heterocycles. The number of alkyl halides is 1. The largest absolute Gasteiger partial charge is 0.386 e. The molecule has 0 spiro atoms. The first kappa shape index (κ1) is 9.50. The summed E-state index contributed by atoms with van der Waals surface area (Å²) in [5.74, 6) is 0. The van der Waals surface area contributed by atoms with E-state index in [2.05, 4.69) is 0 Å². The van der Waals surface area contributed by atoms with Gasteiger partial charge in [0.2, 0.25) is 0 Å². The lowest BCUT2D eigenvalue weighted by molar-refractivity contribution is 0.189. The quantitative estimate of drug-likeness (QED) is 0.701. The summed E-state index contributed by atoms with van der Waals surface area (Å²) in [6.45, 7) is 0. The molecule has 1 aliphatic carbocycles. The zero-order chi connectivity index (χ0) is 10.0. The first-order valence-electron chi connectivity index (χ1n) is 4.52. The van der Waals surface area contributed by atoms with Crippen LogP contribution in [0.5, 0.6) is 0 Å². The van der Waals surface area contributed by atoms with Gasteiger partial charge >= 0.3 is 0 Å². The van der Waals surface area contributed by atoms with E-state index >= 15 is 0 Å². The molecule has 0 amide bonds. The van der Waals surface area contributed by atoms with Crippen LogP contribution in [0.3, 0.4) is 0 Å². The first-order valence-corrected chi connectivity index (χ1v) is 4.90. The van der Waals surface area contributed by atoms with Crippen LogP contribution in [0.25, 0.3) is 0 Å². The summed E-state index contributed by atoms with van der Waals surface area (Å²) in [7, 11) is 0. The van der Waals surface area contributed by atoms with Gasteiger partial charge in [0.05, 0.1) is 6.10 Å². The second-order valence-electron chi connectivity index (χ2n) is 3.32. The molecule has 1 nitrogen and oxygen atoms in total. The zero-order valence-electron chi connectivity index (χ0n) is 7.60. The fourth-order valence-electron chi connectivity index (χ4n) is 1.56. The number of hydrogen-bond acceptors (Lipinski definition) is 1. The molecule has 0 radical (unpaired) electrons. The number of benzene rings is 1. The highest BCUT2D eigenvalue weighted by atomic mass is 35.5. The minimum absolute atomic E-state index is 0.670. The highest BCUT2D eigenvalue weighted by Gasteiger charge is 2.34. The smallest absolute Gasteiger partial charge is 0.117 e. The van der Waals surface area contributed by atoms with Gasteiger partial charge in [0.25, 0.3) is 0 Å². The van der Waals surface area contributed by atoms with E-state index in [1.807, 2.05) is 42.5 Å². The van der Waals surface area contributed by atoms with Crippen molar-refractivity contribution >= 4 is 11.6 Å². The molecule has 2 atom stereocenters. The van der Waals surface area contributed by atoms with Crippen molar-refractivity contribution in [3.8, 4) is 0 Å². The molecule has 0 bridgehead atoms. The molecule has 0 aliphatic heterocycles. The van der Waals surface area contributed by atoms with Crippen molar-refractivity contribution in [1.29, 1.82) is 0 Å². The minimum Gasteiger partial charge on any atom is -0.386 e. The van der Waals surface area contributed by atoms with Crippen LogP contribution in [-0.2, 0) is 4.87 Å². The van der Waals surface area contributed by atoms with Crippen molar-refractivity contribution in [3.63, 3.8) is 0 Å². The van der Waals surface area contributed by atoms with Gasteiger partial charge in [-0.3, -0.25) is 0 Å². The zero-order valence-corrected chi connectivity index (χ0v) is 8.35. The van der Waals surface area contributed by atoms with Gasteiger partial charge in [-0.25, -0.2) is 0 Å². The van der Waals surface area contributed by atoms with Crippen molar-refractivity contribution in [2.24, 2.45) is 0 Å². The van der Waals surface area contributed by atoms with E-state index in [0.717, 1.165) is 5.56 Å². The summed E-state index contributed by atoms with van der Waals surface area (Å²) in [5.41, 5.74) is 0.912. The third-order valence-corrected chi connectivity index (χ3v) is 2.96. The molecule has 2 unspecified atom stereocenters. The number of rotatable bonds is 1. The van der Waals surface area contributed by atoms with E-state index in [4.69, 9.17) is 11.6 Å². The van der Waals surface area contributed by atoms with E-state index in [-0.39, 0.29) is 0 Å². The topological polar surface area (TPSA) is 20.2 Å². The predicted molar refractivity (Wildman–Crippen MR) is 58.3 cm³/mol. The van der Waals surface area contributed by atoms with Crippen LogP contribution in [-0.4, -0.2) is 11.2 Å². The van der Waals surface area contributed by atoms with Crippen LogP contribution in [0.2, 0.25) is 0 Å². The minimum atomic E-state index is -0.810. The van der Waals surface area contributed by atoms with Crippen molar-refractivity contribution in [2.45, 2.75) is 11.0 Å². The Labute approximate surface area is 88.3 Å². The van der Waals surface area contributed by atoms with Gasteiger partial charge in [-0.2, -0.15) is 0 Å². The van der Waals surface area contributed by atoms with Crippen LogP contribution in [0, 0.1) is 0 Å². The van der Waals surface area contributed by atoms with Gasteiger partial charge in [0.15, 0.2) is 0 Å². The van der Waals surface area contributed by atoms with E-state index < -0.39 is 11.0 Å². The molecule has 0 saturated heterocycles. The Morgan fingerprint density at radius 3 is 2.50 bits per heavy atom. The Kier molecular flexibility index (Phi) is 2.44. The lowest BCUT2D eigenvalue weighted by atomic mass is 9.89. The highest BCUT2D eigenvalue weighted by Crippen LogP contribution is 2.36. The summed E-state index contributed by atoms with van der Waals surface area (Å²) in [6, 6.07) is 9.59. The average molecular weight is 207 g/mol. The fourth-order valence-corrected chi connectivity index (χ4v) is 1.84. The monoisotopic (exact) mass is 206 g/mol. The molecule has 2 rings (SSSR count). The summed E-state index contributed by atoms with van der Waals surface area (Å²) in [6.07, 6.45) is 6.49. The summed E-state index contributed by atoms with van der Waals surface area (Å²) < 4.78 is 0. The Hall–Kier alpha value is -1.05. The maximum atomic E-state index is 9.81. The lowest BCUT2D eigenvalue weighted by Crippen LogP contribution is -2.31. The normalized spacial score (nSPS) is 30.6. The molecule has 0 aromatic heterocycles. The molecule has 0 fully saturated rings. The Morgan fingerprint density at radius 2 is 1.86 bits per heavy atom. The molecule has 2 heteroatoms. The van der Waals surface area contributed by atoms with Gasteiger partial charge in [-0.05, 0) is 5.56 Å². The summed E-state index contributed by atoms with van der Waals surface area (Å²) in [4.78, 5) is -0.810. The summed E-state index contributed by atoms with van der Waals surface area (Å²) >= 11 is 6.36. The van der Waals surface area contributed by atoms with Gasteiger partial charge in [0.1, 0.15) is 4.87 Å². The third kappa shape index (κ3) is 1.49. The summed E-state index contributed by atoms with van der Waals surface area (Å²) in [5, 5.41) is 9.81. The molecule has 1 N–H and O–H groups in total. The van der Waals surface area contributed by atoms with Gasteiger partial charge in [0, 0.05) is 0 Å². The average Bonchev–Trinajstić information content (AvgIpc) is 2.24. The standard InChI is InChI=1S/C12H11ClO/c13-12(9-5-4-8-11(12)14)10-6-2-1-3-7-10/h1-9,11,14H. The van der Waals surface area contributed by atoms with E-state index in [9.17, 15) is 5.11 Å². The highest BCUT2D eigenvalue weighted by molar-refractivity contribution is 6.26. The number of allylic oxidation sites excluding steroid dienone is 2. The number of aliphatic hydroxyl groups excluding tert-OH is 1. The Bertz CT molecular complexity index is 369. The molecule has 14 heavy (non-hydrogen) atoms. The SMILES string of the molecule is OC1C=CC=CC1(Cl)c1ccccc1. The number of hydrogen-bond donors (Lipinski definition) is 1. The second kappa shape index (κ2) is 3.60. The maximum Gasteiger partial charge on any atom is 0.117 e. The first-order chi connectivity index (χ1) is 6.73. The van der Waals surface area contributed by atoms with E-state index in [0.29, 0.717) is 0 Å². The molecule has 1 aliphatic rings. The molecular weight excluding hydrogens is 196 g/mol. The van der Waals surface area contributed by atoms with Crippen molar-refractivity contribution < 1.29 is 5.11 Å². The van der Waals surface area contributed by atoms with Crippen molar-refractivity contribution in [1.82, 2.24) is 0 Å². The number of aliphatic hydroxyl groups is 1. The maximum absolute atomic E-state index is 9.81. The number of halogens is 1. The van der Waals surface area contributed by atoms with E-state index in [1.165, 1.54) is 0 Å².